The number of hydrogen-bond acceptors (Lipinski definition) is 3. The van der Waals surface area contributed by atoms with E-state index in [0.717, 1.165) is 5.56 Å². The Morgan fingerprint density at radius 3 is 2.17 bits per heavy atom. The lowest BCUT2D eigenvalue weighted by molar-refractivity contribution is 0.0694. The molecule has 1 aromatic heterocycles. The Balaban J connectivity index is 2.34. The van der Waals surface area contributed by atoms with E-state index in [1.54, 1.807) is 13.8 Å². The fourth-order valence-electron chi connectivity index (χ4n) is 1.95. The van der Waals surface area contributed by atoms with Crippen LogP contribution in [0, 0.1) is 13.8 Å². The summed E-state index contributed by atoms with van der Waals surface area (Å²) >= 11 is 0. The molecule has 1 heterocycles. The molecular formula is C14H14N2O2. The second kappa shape index (κ2) is 4.96. The maximum Gasteiger partial charge on any atom is 0.339 e. The zero-order valence-electron chi connectivity index (χ0n) is 10.3. The standard InChI is InChI=1S/C14H14N2O2/c1-9-13(14(17)18)10(2)16-12(15-9)8-11-6-4-3-5-7-11/h3-7H,8H2,1-2H3,(H,17,18). The molecule has 0 radical (unpaired) electrons. The monoisotopic (exact) mass is 242 g/mol. The lowest BCUT2D eigenvalue weighted by atomic mass is 10.1. The number of aryl methyl sites for hydroxylation is 2. The number of hydrogen-bond donors (Lipinski definition) is 1. The molecule has 2 rings (SSSR count). The fraction of sp³-hybridized carbons (Fsp3) is 0.214. The van der Waals surface area contributed by atoms with Gasteiger partial charge in [0.15, 0.2) is 0 Å². The molecule has 4 heteroatoms. The molecule has 0 aliphatic rings. The minimum absolute atomic E-state index is 0.201. The smallest absolute Gasteiger partial charge is 0.339 e. The Labute approximate surface area is 105 Å². The summed E-state index contributed by atoms with van der Waals surface area (Å²) in [5.74, 6) is -0.322. The summed E-state index contributed by atoms with van der Waals surface area (Å²) in [7, 11) is 0. The van der Waals surface area contributed by atoms with Crippen molar-refractivity contribution in [1.29, 1.82) is 0 Å². The quantitative estimate of drug-likeness (QED) is 0.897. The van der Waals surface area contributed by atoms with Crippen molar-refractivity contribution in [3.63, 3.8) is 0 Å². The Kier molecular flexibility index (Phi) is 3.37. The summed E-state index contributed by atoms with van der Waals surface area (Å²) in [6.07, 6.45) is 0.614. The van der Waals surface area contributed by atoms with Crippen LogP contribution in [0.5, 0.6) is 0 Å². The minimum atomic E-state index is -0.976. The first-order valence-corrected chi connectivity index (χ1v) is 5.69. The van der Waals surface area contributed by atoms with Crippen molar-refractivity contribution in [2.45, 2.75) is 20.3 Å². The normalized spacial score (nSPS) is 10.3. The van der Waals surface area contributed by atoms with Crippen LogP contribution >= 0.6 is 0 Å². The number of carboxylic acid groups (broad SMARTS) is 1. The van der Waals surface area contributed by atoms with Gasteiger partial charge in [-0.2, -0.15) is 0 Å². The third kappa shape index (κ3) is 2.53. The van der Waals surface area contributed by atoms with Gasteiger partial charge in [0.25, 0.3) is 0 Å². The average molecular weight is 242 g/mol. The first-order chi connectivity index (χ1) is 8.58. The van der Waals surface area contributed by atoms with E-state index in [1.807, 2.05) is 30.3 Å². The molecule has 0 fully saturated rings. The molecular weight excluding hydrogens is 228 g/mol. The minimum Gasteiger partial charge on any atom is -0.478 e. The molecule has 4 nitrogen and oxygen atoms in total. The van der Waals surface area contributed by atoms with Crippen molar-refractivity contribution in [2.75, 3.05) is 0 Å². The predicted octanol–water partition coefficient (Wildman–Crippen LogP) is 2.38. The molecule has 0 aliphatic heterocycles. The largest absolute Gasteiger partial charge is 0.478 e. The number of benzene rings is 1. The molecule has 0 atom stereocenters. The van der Waals surface area contributed by atoms with Gasteiger partial charge in [0.2, 0.25) is 0 Å². The van der Waals surface area contributed by atoms with E-state index < -0.39 is 5.97 Å². The lowest BCUT2D eigenvalue weighted by Crippen LogP contribution is -2.10. The number of nitrogens with zero attached hydrogens (tertiary/aromatic N) is 2. The van der Waals surface area contributed by atoms with E-state index >= 15 is 0 Å². The van der Waals surface area contributed by atoms with Crippen molar-refractivity contribution >= 4 is 5.97 Å². The Morgan fingerprint density at radius 2 is 1.67 bits per heavy atom. The van der Waals surface area contributed by atoms with Crippen molar-refractivity contribution in [1.82, 2.24) is 9.97 Å². The van der Waals surface area contributed by atoms with E-state index in [1.165, 1.54) is 0 Å². The summed E-state index contributed by atoms with van der Waals surface area (Å²) in [6, 6.07) is 9.87. The highest BCUT2D eigenvalue weighted by molar-refractivity contribution is 5.89. The second-order valence-electron chi connectivity index (χ2n) is 4.15. The molecule has 18 heavy (non-hydrogen) atoms. The van der Waals surface area contributed by atoms with Crippen LogP contribution in [0.2, 0.25) is 0 Å². The number of carboxylic acids is 1. The van der Waals surface area contributed by atoms with Crippen LogP contribution in [-0.2, 0) is 6.42 Å². The first-order valence-electron chi connectivity index (χ1n) is 5.69. The summed E-state index contributed by atoms with van der Waals surface area (Å²) in [6.45, 7) is 3.40. The van der Waals surface area contributed by atoms with E-state index in [0.29, 0.717) is 23.6 Å². The third-order valence-electron chi connectivity index (χ3n) is 2.74. The second-order valence-corrected chi connectivity index (χ2v) is 4.15. The molecule has 1 N–H and O–H groups in total. The van der Waals surface area contributed by atoms with Gasteiger partial charge >= 0.3 is 5.97 Å². The summed E-state index contributed by atoms with van der Waals surface area (Å²) in [4.78, 5) is 19.5. The number of aromatic carboxylic acids is 1. The highest BCUT2D eigenvalue weighted by Gasteiger charge is 2.14. The van der Waals surface area contributed by atoms with Crippen LogP contribution in [0.3, 0.4) is 0 Å². The third-order valence-corrected chi connectivity index (χ3v) is 2.74. The molecule has 0 aliphatic carbocycles. The molecule has 0 bridgehead atoms. The van der Waals surface area contributed by atoms with Crippen molar-refractivity contribution in [2.24, 2.45) is 0 Å². The summed E-state index contributed by atoms with van der Waals surface area (Å²) in [5, 5.41) is 9.05. The molecule has 1 aromatic carbocycles. The highest BCUT2D eigenvalue weighted by atomic mass is 16.4. The first kappa shape index (κ1) is 12.2. The zero-order chi connectivity index (χ0) is 13.1. The average Bonchev–Trinajstić information content (AvgIpc) is 2.28. The van der Waals surface area contributed by atoms with Crippen LogP contribution in [-0.4, -0.2) is 21.0 Å². The van der Waals surface area contributed by atoms with Crippen molar-refractivity contribution in [3.05, 3.63) is 58.7 Å². The molecule has 2 aromatic rings. The van der Waals surface area contributed by atoms with Gasteiger partial charge < -0.3 is 5.11 Å². The summed E-state index contributed by atoms with van der Waals surface area (Å²) < 4.78 is 0. The van der Waals surface area contributed by atoms with E-state index in [-0.39, 0.29) is 5.56 Å². The summed E-state index contributed by atoms with van der Waals surface area (Å²) in [5.41, 5.74) is 2.34. The van der Waals surface area contributed by atoms with Gasteiger partial charge in [0, 0.05) is 6.42 Å². The van der Waals surface area contributed by atoms with E-state index in [4.69, 9.17) is 5.11 Å². The van der Waals surface area contributed by atoms with Crippen LogP contribution in [0.4, 0.5) is 0 Å². The molecule has 0 amide bonds. The fourth-order valence-corrected chi connectivity index (χ4v) is 1.95. The maximum atomic E-state index is 11.0. The van der Waals surface area contributed by atoms with Gasteiger partial charge in [-0.3, -0.25) is 0 Å². The van der Waals surface area contributed by atoms with Gasteiger partial charge in [0.1, 0.15) is 11.4 Å². The maximum absolute atomic E-state index is 11.0. The predicted molar refractivity (Wildman–Crippen MR) is 67.7 cm³/mol. The molecule has 0 saturated heterocycles. The van der Waals surface area contributed by atoms with E-state index in [9.17, 15) is 4.79 Å². The van der Waals surface area contributed by atoms with Gasteiger partial charge in [-0.15, -0.1) is 0 Å². The van der Waals surface area contributed by atoms with Gasteiger partial charge in [-0.05, 0) is 19.4 Å². The SMILES string of the molecule is Cc1nc(Cc2ccccc2)nc(C)c1C(=O)O. The molecule has 0 spiro atoms. The topological polar surface area (TPSA) is 63.1 Å². The van der Waals surface area contributed by atoms with Crippen LogP contribution in [0.15, 0.2) is 30.3 Å². The van der Waals surface area contributed by atoms with Gasteiger partial charge in [-0.25, -0.2) is 14.8 Å². The van der Waals surface area contributed by atoms with Crippen LogP contribution in [0.1, 0.15) is 33.1 Å². The number of aromatic nitrogens is 2. The molecule has 0 unspecified atom stereocenters. The zero-order valence-corrected chi connectivity index (χ0v) is 10.3. The Hall–Kier alpha value is -2.23. The number of carbonyl (C=O) groups is 1. The van der Waals surface area contributed by atoms with Crippen LogP contribution < -0.4 is 0 Å². The number of rotatable bonds is 3. The van der Waals surface area contributed by atoms with Gasteiger partial charge in [-0.1, -0.05) is 30.3 Å². The van der Waals surface area contributed by atoms with Crippen molar-refractivity contribution in [3.8, 4) is 0 Å². The molecule has 0 saturated carbocycles. The van der Waals surface area contributed by atoms with Crippen molar-refractivity contribution < 1.29 is 9.90 Å². The van der Waals surface area contributed by atoms with E-state index in [2.05, 4.69) is 9.97 Å². The Morgan fingerprint density at radius 1 is 1.11 bits per heavy atom. The Bertz CT molecular complexity index is 557. The van der Waals surface area contributed by atoms with Crippen LogP contribution in [0.25, 0.3) is 0 Å². The molecule has 92 valence electrons. The highest BCUT2D eigenvalue weighted by Crippen LogP contribution is 2.12. The van der Waals surface area contributed by atoms with Gasteiger partial charge in [0.05, 0.1) is 11.4 Å². The lowest BCUT2D eigenvalue weighted by Gasteiger charge is -2.07.